The number of hydrogen-bond donors (Lipinski definition) is 1. The summed E-state index contributed by atoms with van der Waals surface area (Å²) in [6, 6.07) is 0. The molecular weight excluding hydrogens is 250 g/mol. The Labute approximate surface area is 110 Å². The van der Waals surface area contributed by atoms with Crippen molar-refractivity contribution >= 4 is 17.3 Å². The van der Waals surface area contributed by atoms with Crippen LogP contribution in [0.5, 0.6) is 0 Å². The molecule has 5 heteroatoms. The largest absolute Gasteiger partial charge is 0.480 e. The second kappa shape index (κ2) is 4.31. The second-order valence-corrected chi connectivity index (χ2v) is 6.36. The first kappa shape index (κ1) is 12.1. The molecule has 1 aromatic heterocycles. The topological polar surface area (TPSA) is 59.4 Å². The Hall–Kier alpha value is -0.940. The Morgan fingerprint density at radius 3 is 2.61 bits per heavy atom. The average molecular weight is 267 g/mol. The minimum atomic E-state index is -0.821. The van der Waals surface area contributed by atoms with Gasteiger partial charge in [0, 0.05) is 10.8 Å². The van der Waals surface area contributed by atoms with E-state index in [9.17, 15) is 9.90 Å². The number of aryl methyl sites for hydroxylation is 1. The quantitative estimate of drug-likeness (QED) is 0.914. The average Bonchev–Trinajstić information content (AvgIpc) is 2.86. The summed E-state index contributed by atoms with van der Waals surface area (Å²) >= 11 is 1.60. The van der Waals surface area contributed by atoms with Crippen molar-refractivity contribution in [3.63, 3.8) is 0 Å². The van der Waals surface area contributed by atoms with Crippen molar-refractivity contribution < 1.29 is 14.6 Å². The van der Waals surface area contributed by atoms with Crippen LogP contribution in [0, 0.1) is 6.92 Å². The summed E-state index contributed by atoms with van der Waals surface area (Å²) in [6.07, 6.45) is 4.93. The maximum Gasteiger partial charge on any atom is 0.319 e. The normalized spacial score (nSPS) is 22.9. The van der Waals surface area contributed by atoms with Crippen LogP contribution >= 0.6 is 11.3 Å². The van der Waals surface area contributed by atoms with Crippen LogP contribution in [0.1, 0.15) is 47.2 Å². The summed E-state index contributed by atoms with van der Waals surface area (Å²) in [4.78, 5) is 17.0. The Kier molecular flexibility index (Phi) is 2.90. The highest BCUT2D eigenvalue weighted by Gasteiger charge is 2.50. The third-order valence-corrected chi connectivity index (χ3v) is 5.58. The van der Waals surface area contributed by atoms with Crippen LogP contribution in [-0.4, -0.2) is 29.3 Å². The van der Waals surface area contributed by atoms with E-state index in [2.05, 4.69) is 4.98 Å². The number of ether oxygens (including phenoxy) is 1. The third kappa shape index (κ3) is 1.68. The van der Waals surface area contributed by atoms with Gasteiger partial charge in [0.15, 0.2) is 0 Å². The molecule has 1 aliphatic heterocycles. The summed E-state index contributed by atoms with van der Waals surface area (Å²) < 4.78 is 5.14. The zero-order valence-electron chi connectivity index (χ0n) is 10.4. The van der Waals surface area contributed by atoms with Gasteiger partial charge < -0.3 is 9.84 Å². The first-order chi connectivity index (χ1) is 8.63. The Bertz CT molecular complexity index is 473. The van der Waals surface area contributed by atoms with Gasteiger partial charge in [-0.25, -0.2) is 4.98 Å². The highest BCUT2D eigenvalue weighted by Crippen LogP contribution is 2.43. The van der Waals surface area contributed by atoms with Crippen molar-refractivity contribution in [1.29, 1.82) is 0 Å². The molecule has 0 amide bonds. The summed E-state index contributed by atoms with van der Waals surface area (Å²) in [5.41, 5.74) is 0.0612. The van der Waals surface area contributed by atoms with E-state index in [1.165, 1.54) is 25.7 Å². The van der Waals surface area contributed by atoms with Gasteiger partial charge in [-0.05, 0) is 19.8 Å². The van der Waals surface area contributed by atoms with Gasteiger partial charge in [0.25, 0.3) is 0 Å². The highest BCUT2D eigenvalue weighted by atomic mass is 32.1. The lowest BCUT2D eigenvalue weighted by Crippen LogP contribution is -2.52. The fourth-order valence-corrected chi connectivity index (χ4v) is 4.25. The van der Waals surface area contributed by atoms with E-state index in [1.807, 2.05) is 6.92 Å². The Morgan fingerprint density at radius 1 is 1.44 bits per heavy atom. The van der Waals surface area contributed by atoms with Crippen molar-refractivity contribution in [2.45, 2.75) is 43.9 Å². The van der Waals surface area contributed by atoms with Gasteiger partial charge in [0.1, 0.15) is 5.41 Å². The first-order valence-corrected chi connectivity index (χ1v) is 7.24. The number of carboxylic acids is 1. The summed E-state index contributed by atoms with van der Waals surface area (Å²) in [5.74, 6) is -0.229. The third-order valence-electron chi connectivity index (χ3n) is 4.06. The number of hydrogen-bond acceptors (Lipinski definition) is 4. The first-order valence-electron chi connectivity index (χ1n) is 6.42. The minimum Gasteiger partial charge on any atom is -0.480 e. The molecule has 1 saturated heterocycles. The number of nitrogens with zero attached hydrogens (tertiary/aromatic N) is 1. The van der Waals surface area contributed by atoms with E-state index in [0.29, 0.717) is 5.92 Å². The summed E-state index contributed by atoms with van der Waals surface area (Å²) in [5, 5.41) is 10.6. The fourth-order valence-electron chi connectivity index (χ4n) is 2.87. The molecule has 0 bridgehead atoms. The summed E-state index contributed by atoms with van der Waals surface area (Å²) in [7, 11) is 0. The van der Waals surface area contributed by atoms with Gasteiger partial charge in [-0.15, -0.1) is 11.3 Å². The zero-order valence-corrected chi connectivity index (χ0v) is 11.3. The van der Waals surface area contributed by atoms with E-state index in [-0.39, 0.29) is 13.2 Å². The number of carboxylic acid groups (broad SMARTS) is 1. The smallest absolute Gasteiger partial charge is 0.319 e. The highest BCUT2D eigenvalue weighted by molar-refractivity contribution is 7.12. The van der Waals surface area contributed by atoms with Crippen LogP contribution < -0.4 is 0 Å². The van der Waals surface area contributed by atoms with Gasteiger partial charge >= 0.3 is 5.97 Å². The van der Waals surface area contributed by atoms with Crippen LogP contribution in [0.4, 0.5) is 0 Å². The van der Waals surface area contributed by atoms with Crippen molar-refractivity contribution in [1.82, 2.24) is 4.98 Å². The molecule has 0 spiro atoms. The number of rotatable bonds is 3. The molecule has 4 nitrogen and oxygen atoms in total. The SMILES string of the molecule is Cc1nc(C2CCCC2)sc1C1(C(=O)O)COC1. The number of carbonyl (C=O) groups is 1. The van der Waals surface area contributed by atoms with Gasteiger partial charge in [-0.3, -0.25) is 4.79 Å². The van der Waals surface area contributed by atoms with Crippen molar-refractivity contribution in [3.8, 4) is 0 Å². The van der Waals surface area contributed by atoms with Crippen LogP contribution in [0.25, 0.3) is 0 Å². The molecule has 18 heavy (non-hydrogen) atoms. The van der Waals surface area contributed by atoms with Crippen molar-refractivity contribution in [3.05, 3.63) is 15.6 Å². The van der Waals surface area contributed by atoms with Crippen LogP contribution in [0.3, 0.4) is 0 Å². The minimum absolute atomic E-state index is 0.287. The maximum absolute atomic E-state index is 11.5. The second-order valence-electron chi connectivity index (χ2n) is 5.33. The van der Waals surface area contributed by atoms with Crippen LogP contribution in [-0.2, 0) is 14.9 Å². The molecule has 1 aromatic rings. The molecular formula is C13H17NO3S. The Balaban J connectivity index is 1.94. The Morgan fingerprint density at radius 2 is 2.11 bits per heavy atom. The molecule has 2 heterocycles. The van der Waals surface area contributed by atoms with E-state index in [1.54, 1.807) is 11.3 Å². The predicted molar refractivity (Wildman–Crippen MR) is 68.2 cm³/mol. The van der Waals surface area contributed by atoms with E-state index >= 15 is 0 Å². The van der Waals surface area contributed by atoms with Crippen LogP contribution in [0.15, 0.2) is 0 Å². The zero-order chi connectivity index (χ0) is 12.8. The molecule has 1 N–H and O–H groups in total. The van der Waals surface area contributed by atoms with Gasteiger partial charge in [-0.2, -0.15) is 0 Å². The fraction of sp³-hybridized carbons (Fsp3) is 0.692. The molecule has 98 valence electrons. The number of aliphatic carboxylic acids is 1. The lowest BCUT2D eigenvalue weighted by molar-refractivity contribution is -0.162. The van der Waals surface area contributed by atoms with E-state index < -0.39 is 11.4 Å². The van der Waals surface area contributed by atoms with E-state index in [0.717, 1.165) is 15.6 Å². The van der Waals surface area contributed by atoms with Gasteiger partial charge in [-0.1, -0.05) is 12.8 Å². The number of thiazole rings is 1. The lowest BCUT2D eigenvalue weighted by Gasteiger charge is -2.36. The molecule has 0 unspecified atom stereocenters. The molecule has 1 aliphatic carbocycles. The van der Waals surface area contributed by atoms with E-state index in [4.69, 9.17) is 4.74 Å². The van der Waals surface area contributed by atoms with Gasteiger partial charge in [0.05, 0.1) is 23.9 Å². The maximum atomic E-state index is 11.5. The molecule has 0 aromatic carbocycles. The lowest BCUT2D eigenvalue weighted by atomic mass is 9.83. The molecule has 2 fully saturated rings. The molecule has 0 radical (unpaired) electrons. The molecule has 1 saturated carbocycles. The molecule has 0 atom stereocenters. The monoisotopic (exact) mass is 267 g/mol. The predicted octanol–water partition coefficient (Wildman–Crippen LogP) is 2.46. The molecule has 2 aliphatic rings. The van der Waals surface area contributed by atoms with Gasteiger partial charge in [0.2, 0.25) is 0 Å². The standard InChI is InChI=1S/C13H17NO3S/c1-8-10(13(12(15)16)6-17-7-13)18-11(14-8)9-4-2-3-5-9/h9H,2-7H2,1H3,(H,15,16). The van der Waals surface area contributed by atoms with Crippen LogP contribution in [0.2, 0.25) is 0 Å². The molecule has 3 rings (SSSR count). The number of aromatic nitrogens is 1. The van der Waals surface area contributed by atoms with Crippen molar-refractivity contribution in [2.24, 2.45) is 0 Å². The summed E-state index contributed by atoms with van der Waals surface area (Å²) in [6.45, 7) is 2.50. The van der Waals surface area contributed by atoms with Crippen molar-refractivity contribution in [2.75, 3.05) is 13.2 Å².